The molecule has 0 bridgehead atoms. The van der Waals surface area contributed by atoms with Crippen LogP contribution < -0.4 is 10.0 Å². The highest BCUT2D eigenvalue weighted by Gasteiger charge is 2.16. The van der Waals surface area contributed by atoms with E-state index in [9.17, 15) is 17.6 Å². The van der Waals surface area contributed by atoms with E-state index < -0.39 is 21.7 Å². The van der Waals surface area contributed by atoms with E-state index in [0.717, 1.165) is 0 Å². The number of nitrogens with one attached hydrogen (secondary N) is 2. The smallest absolute Gasteiger partial charge is 0.261 e. The number of carbonyl (C=O) groups excluding carboxylic acids is 1. The maximum atomic E-state index is 13.7. The summed E-state index contributed by atoms with van der Waals surface area (Å²) in [7, 11) is -3.79. The molecule has 3 aromatic carbocycles. The minimum Gasteiger partial charge on any atom is -0.319 e. The fraction of sp³-hybridized carbons (Fsp3) is 0.0500. The number of amides is 1. The molecule has 0 heterocycles. The summed E-state index contributed by atoms with van der Waals surface area (Å²) in [5, 5.41) is 2.48. The van der Waals surface area contributed by atoms with Crippen LogP contribution in [0, 0.1) is 12.7 Å². The third-order valence-electron chi connectivity index (χ3n) is 3.92. The fourth-order valence-electron chi connectivity index (χ4n) is 2.43. The van der Waals surface area contributed by atoms with Gasteiger partial charge in [0.2, 0.25) is 0 Å². The van der Waals surface area contributed by atoms with Crippen molar-refractivity contribution in [3.63, 3.8) is 0 Å². The van der Waals surface area contributed by atoms with Crippen molar-refractivity contribution < 1.29 is 17.6 Å². The van der Waals surface area contributed by atoms with Crippen LogP contribution in [-0.4, -0.2) is 14.3 Å². The largest absolute Gasteiger partial charge is 0.319 e. The standard InChI is InChI=1S/C20H17FN2O3S/c1-14-11-12-15(20(24)22-18-10-6-5-9-17(18)21)13-19(14)23-27(25,26)16-7-3-2-4-8-16/h2-13,23H,1H3,(H,22,24). The second-order valence-electron chi connectivity index (χ2n) is 5.88. The van der Waals surface area contributed by atoms with Crippen molar-refractivity contribution in [2.24, 2.45) is 0 Å². The number of rotatable bonds is 5. The van der Waals surface area contributed by atoms with Gasteiger partial charge in [-0.1, -0.05) is 36.4 Å². The molecule has 5 nitrogen and oxygen atoms in total. The zero-order valence-electron chi connectivity index (χ0n) is 14.4. The summed E-state index contributed by atoms with van der Waals surface area (Å²) >= 11 is 0. The molecule has 0 unspecified atom stereocenters. The molecule has 0 aromatic heterocycles. The third-order valence-corrected chi connectivity index (χ3v) is 5.30. The summed E-state index contributed by atoms with van der Waals surface area (Å²) in [5.41, 5.74) is 1.18. The van der Waals surface area contributed by atoms with Gasteiger partial charge in [-0.25, -0.2) is 12.8 Å². The van der Waals surface area contributed by atoms with Gasteiger partial charge in [0.05, 0.1) is 16.3 Å². The number of anilines is 2. The quantitative estimate of drug-likeness (QED) is 0.693. The lowest BCUT2D eigenvalue weighted by Gasteiger charge is -2.13. The van der Waals surface area contributed by atoms with Gasteiger partial charge < -0.3 is 5.32 Å². The molecule has 3 aromatic rings. The highest BCUT2D eigenvalue weighted by atomic mass is 32.2. The van der Waals surface area contributed by atoms with Crippen LogP contribution in [0.1, 0.15) is 15.9 Å². The highest BCUT2D eigenvalue weighted by Crippen LogP contribution is 2.22. The van der Waals surface area contributed by atoms with Crippen LogP contribution in [0.5, 0.6) is 0 Å². The first kappa shape index (κ1) is 18.6. The Hall–Kier alpha value is -3.19. The van der Waals surface area contributed by atoms with Gasteiger partial charge in [0.15, 0.2) is 0 Å². The van der Waals surface area contributed by atoms with Gasteiger partial charge in [0.1, 0.15) is 5.82 Å². The van der Waals surface area contributed by atoms with Gasteiger partial charge in [-0.3, -0.25) is 9.52 Å². The number of aryl methyl sites for hydroxylation is 1. The molecule has 0 saturated carbocycles. The number of carbonyl (C=O) groups is 1. The maximum Gasteiger partial charge on any atom is 0.261 e. The van der Waals surface area contributed by atoms with E-state index in [4.69, 9.17) is 0 Å². The van der Waals surface area contributed by atoms with Crippen molar-refractivity contribution in [2.75, 3.05) is 10.0 Å². The lowest BCUT2D eigenvalue weighted by atomic mass is 10.1. The van der Waals surface area contributed by atoms with Crippen molar-refractivity contribution in [3.8, 4) is 0 Å². The number of hydrogen-bond acceptors (Lipinski definition) is 3. The molecule has 0 fully saturated rings. The lowest BCUT2D eigenvalue weighted by Crippen LogP contribution is -2.16. The zero-order chi connectivity index (χ0) is 19.4. The van der Waals surface area contributed by atoms with E-state index in [-0.39, 0.29) is 21.8 Å². The van der Waals surface area contributed by atoms with Crippen LogP contribution in [0.4, 0.5) is 15.8 Å². The molecule has 0 spiro atoms. The number of benzene rings is 3. The van der Waals surface area contributed by atoms with Gasteiger partial charge in [-0.2, -0.15) is 0 Å². The highest BCUT2D eigenvalue weighted by molar-refractivity contribution is 7.92. The maximum absolute atomic E-state index is 13.7. The number of hydrogen-bond donors (Lipinski definition) is 2. The van der Waals surface area contributed by atoms with Crippen LogP contribution in [0.3, 0.4) is 0 Å². The van der Waals surface area contributed by atoms with Crippen LogP contribution in [0.25, 0.3) is 0 Å². The second kappa shape index (κ2) is 7.59. The summed E-state index contributed by atoms with van der Waals surface area (Å²) in [4.78, 5) is 12.5. The Morgan fingerprint density at radius 1 is 0.889 bits per heavy atom. The van der Waals surface area contributed by atoms with Crippen LogP contribution in [0.2, 0.25) is 0 Å². The Balaban J connectivity index is 1.86. The SMILES string of the molecule is Cc1ccc(C(=O)Nc2ccccc2F)cc1NS(=O)(=O)c1ccccc1. The average Bonchev–Trinajstić information content (AvgIpc) is 2.66. The Morgan fingerprint density at radius 2 is 1.56 bits per heavy atom. The monoisotopic (exact) mass is 384 g/mol. The molecular weight excluding hydrogens is 367 g/mol. The summed E-state index contributed by atoms with van der Waals surface area (Å²) in [6.07, 6.45) is 0. The molecule has 27 heavy (non-hydrogen) atoms. The van der Waals surface area contributed by atoms with Gasteiger partial charge >= 0.3 is 0 Å². The molecule has 3 rings (SSSR count). The first-order valence-corrected chi connectivity index (χ1v) is 9.59. The first-order chi connectivity index (χ1) is 12.9. The molecule has 0 aliphatic carbocycles. The zero-order valence-corrected chi connectivity index (χ0v) is 15.3. The van der Waals surface area contributed by atoms with E-state index in [1.165, 1.54) is 36.4 Å². The predicted octanol–water partition coefficient (Wildman–Crippen LogP) is 4.19. The second-order valence-corrected chi connectivity index (χ2v) is 7.56. The van der Waals surface area contributed by atoms with E-state index in [1.54, 1.807) is 43.3 Å². The topological polar surface area (TPSA) is 75.3 Å². The van der Waals surface area contributed by atoms with E-state index in [0.29, 0.717) is 5.56 Å². The summed E-state index contributed by atoms with van der Waals surface area (Å²) in [6.45, 7) is 1.72. The van der Waals surface area contributed by atoms with Crippen molar-refractivity contribution in [3.05, 3.63) is 89.7 Å². The molecular formula is C20H17FN2O3S. The number of halogens is 1. The summed E-state index contributed by atoms with van der Waals surface area (Å²) in [6, 6.07) is 18.3. The van der Waals surface area contributed by atoms with Gasteiger partial charge in [0, 0.05) is 5.56 Å². The van der Waals surface area contributed by atoms with Crippen LogP contribution >= 0.6 is 0 Å². The van der Waals surface area contributed by atoms with Crippen LogP contribution in [0.15, 0.2) is 77.7 Å². The van der Waals surface area contributed by atoms with E-state index in [2.05, 4.69) is 10.0 Å². The molecule has 138 valence electrons. The third kappa shape index (κ3) is 4.32. The fourth-order valence-corrected chi connectivity index (χ4v) is 3.58. The lowest BCUT2D eigenvalue weighted by molar-refractivity contribution is 0.102. The van der Waals surface area contributed by atoms with Gasteiger partial charge in [-0.15, -0.1) is 0 Å². The van der Waals surface area contributed by atoms with Crippen molar-refractivity contribution in [1.29, 1.82) is 0 Å². The Kier molecular flexibility index (Phi) is 5.23. The first-order valence-electron chi connectivity index (χ1n) is 8.11. The molecule has 0 atom stereocenters. The number of sulfonamides is 1. The minimum absolute atomic E-state index is 0.0505. The molecule has 0 saturated heterocycles. The molecule has 7 heteroatoms. The molecule has 2 N–H and O–H groups in total. The Bertz CT molecular complexity index is 1080. The predicted molar refractivity (Wildman–Crippen MR) is 103 cm³/mol. The minimum atomic E-state index is -3.79. The van der Waals surface area contributed by atoms with E-state index >= 15 is 0 Å². The van der Waals surface area contributed by atoms with E-state index in [1.807, 2.05) is 0 Å². The summed E-state index contributed by atoms with van der Waals surface area (Å²) < 4.78 is 41.2. The normalized spacial score (nSPS) is 11.0. The van der Waals surface area contributed by atoms with Crippen molar-refractivity contribution >= 4 is 27.3 Å². The van der Waals surface area contributed by atoms with Gasteiger partial charge in [0.25, 0.3) is 15.9 Å². The van der Waals surface area contributed by atoms with Crippen molar-refractivity contribution in [1.82, 2.24) is 0 Å². The molecule has 0 aliphatic heterocycles. The molecule has 0 radical (unpaired) electrons. The van der Waals surface area contributed by atoms with Crippen LogP contribution in [-0.2, 0) is 10.0 Å². The average molecular weight is 384 g/mol. The molecule has 1 amide bonds. The van der Waals surface area contributed by atoms with Crippen molar-refractivity contribution in [2.45, 2.75) is 11.8 Å². The summed E-state index contributed by atoms with van der Waals surface area (Å²) in [5.74, 6) is -1.09. The molecule has 0 aliphatic rings. The Morgan fingerprint density at radius 3 is 2.26 bits per heavy atom. The number of para-hydroxylation sites is 1. The Labute approximate surface area is 156 Å². The van der Waals surface area contributed by atoms with Gasteiger partial charge in [-0.05, 0) is 48.9 Å².